The average Bonchev–Trinajstić information content (AvgIpc) is 2.96. The van der Waals surface area contributed by atoms with Gasteiger partial charge in [-0.1, -0.05) is 121 Å². The highest BCUT2D eigenvalue weighted by atomic mass is 35.5. The molecule has 1 aliphatic rings. The predicted octanol–water partition coefficient (Wildman–Crippen LogP) is 6.12. The molecule has 4 aromatic rings. The zero-order valence-electron chi connectivity index (χ0n) is 21.7. The van der Waals surface area contributed by atoms with E-state index in [1.807, 2.05) is 72.5 Å². The summed E-state index contributed by atoms with van der Waals surface area (Å²) in [4.78, 5) is 18.4. The van der Waals surface area contributed by atoms with Crippen LogP contribution in [0.1, 0.15) is 41.1 Å². The van der Waals surface area contributed by atoms with Crippen LogP contribution in [0.25, 0.3) is 0 Å². The summed E-state index contributed by atoms with van der Waals surface area (Å²) in [5, 5.41) is 0.753. The Hall–Kier alpha value is -3.44. The van der Waals surface area contributed by atoms with Gasteiger partial charge in [0.1, 0.15) is 5.54 Å². The van der Waals surface area contributed by atoms with E-state index < -0.39 is 5.54 Å². The number of nitrogens with two attached hydrogens (primary N) is 1. The molecule has 38 heavy (non-hydrogen) atoms. The van der Waals surface area contributed by atoms with Crippen molar-refractivity contribution in [2.24, 2.45) is 5.73 Å². The summed E-state index contributed by atoms with van der Waals surface area (Å²) in [6, 6.07) is 38.7. The number of hydrogen-bond donors (Lipinski definition) is 1. The fourth-order valence-corrected chi connectivity index (χ4v) is 5.98. The van der Waals surface area contributed by atoms with Crippen molar-refractivity contribution in [2.45, 2.75) is 24.4 Å². The van der Waals surface area contributed by atoms with Crippen molar-refractivity contribution in [3.05, 3.63) is 143 Å². The van der Waals surface area contributed by atoms with Crippen LogP contribution in [-0.2, 0) is 4.79 Å². The molecule has 4 nitrogen and oxygen atoms in total. The van der Waals surface area contributed by atoms with Crippen molar-refractivity contribution >= 4 is 17.5 Å². The summed E-state index contributed by atoms with van der Waals surface area (Å²) in [6.45, 7) is 4.55. The molecule has 4 aromatic carbocycles. The van der Waals surface area contributed by atoms with Crippen LogP contribution >= 0.6 is 11.6 Å². The molecule has 2 unspecified atom stereocenters. The van der Waals surface area contributed by atoms with Gasteiger partial charge in [-0.15, -0.1) is 0 Å². The van der Waals surface area contributed by atoms with Crippen LogP contribution in [0.4, 0.5) is 0 Å². The van der Waals surface area contributed by atoms with E-state index >= 15 is 0 Å². The average molecular weight is 524 g/mol. The summed E-state index contributed by atoms with van der Waals surface area (Å²) in [5.41, 5.74) is 10.2. The maximum Gasteiger partial charge on any atom is 0.243 e. The van der Waals surface area contributed by atoms with Gasteiger partial charge in [-0.3, -0.25) is 9.69 Å². The molecule has 0 saturated carbocycles. The van der Waals surface area contributed by atoms with Crippen LogP contribution in [-0.4, -0.2) is 47.4 Å². The van der Waals surface area contributed by atoms with E-state index in [9.17, 15) is 4.79 Å². The molecule has 2 atom stereocenters. The zero-order chi connectivity index (χ0) is 26.5. The van der Waals surface area contributed by atoms with Gasteiger partial charge in [0.25, 0.3) is 0 Å². The fraction of sp³-hybridized carbons (Fsp3) is 0.242. The van der Waals surface area contributed by atoms with E-state index in [1.54, 1.807) is 0 Å². The molecule has 1 fully saturated rings. The molecule has 0 aliphatic carbocycles. The first-order chi connectivity index (χ1) is 18.5. The zero-order valence-corrected chi connectivity index (χ0v) is 22.5. The molecule has 0 bridgehead atoms. The highest BCUT2D eigenvalue weighted by Crippen LogP contribution is 2.37. The molecule has 1 amide bonds. The molecule has 1 aliphatic heterocycles. The van der Waals surface area contributed by atoms with Crippen LogP contribution in [0.3, 0.4) is 0 Å². The van der Waals surface area contributed by atoms with E-state index in [0.717, 1.165) is 34.8 Å². The van der Waals surface area contributed by atoms with Gasteiger partial charge in [-0.25, -0.2) is 0 Å². The molecule has 0 aromatic heterocycles. The third kappa shape index (κ3) is 5.39. The fourth-order valence-electron chi connectivity index (χ4n) is 5.74. The summed E-state index contributed by atoms with van der Waals surface area (Å²) in [5.74, 6) is -0.278. The lowest BCUT2D eigenvalue weighted by Crippen LogP contribution is -2.61. The van der Waals surface area contributed by atoms with Crippen molar-refractivity contribution in [2.75, 3.05) is 26.2 Å². The first-order valence-electron chi connectivity index (χ1n) is 13.2. The van der Waals surface area contributed by atoms with Gasteiger partial charge in [0.15, 0.2) is 0 Å². The molecule has 5 heteroatoms. The number of carbonyl (C=O) groups excluding carboxylic acids is 1. The smallest absolute Gasteiger partial charge is 0.243 e. The summed E-state index contributed by atoms with van der Waals surface area (Å²) in [7, 11) is 0. The van der Waals surface area contributed by atoms with Gasteiger partial charge >= 0.3 is 0 Å². The number of carbonyl (C=O) groups is 1. The number of hydrogen-bond acceptors (Lipinski definition) is 3. The Bertz CT molecular complexity index is 1300. The molecule has 1 saturated heterocycles. The number of halogens is 1. The highest BCUT2D eigenvalue weighted by molar-refractivity contribution is 6.31. The van der Waals surface area contributed by atoms with Crippen molar-refractivity contribution < 1.29 is 4.79 Å². The SMILES string of the molecule is CC(N)(C(=O)N1CCN(C(c2ccccc2)c2ccccc2Cl)CC1)C(c1ccccc1)c1ccccc1. The lowest BCUT2D eigenvalue weighted by Gasteiger charge is -2.43. The van der Waals surface area contributed by atoms with Gasteiger partial charge in [0, 0.05) is 37.1 Å². The van der Waals surface area contributed by atoms with Crippen molar-refractivity contribution in [3.63, 3.8) is 0 Å². The largest absolute Gasteiger partial charge is 0.339 e. The van der Waals surface area contributed by atoms with Crippen molar-refractivity contribution in [1.82, 2.24) is 9.80 Å². The highest BCUT2D eigenvalue weighted by Gasteiger charge is 2.43. The molecule has 194 valence electrons. The first-order valence-corrected chi connectivity index (χ1v) is 13.6. The Morgan fingerprint density at radius 1 is 0.711 bits per heavy atom. The van der Waals surface area contributed by atoms with Gasteiger partial charge in [0.2, 0.25) is 5.91 Å². The summed E-state index contributed by atoms with van der Waals surface area (Å²) >= 11 is 6.67. The van der Waals surface area contributed by atoms with Crippen LogP contribution in [0.5, 0.6) is 0 Å². The van der Waals surface area contributed by atoms with Crippen LogP contribution in [0, 0.1) is 0 Å². The van der Waals surface area contributed by atoms with E-state index in [-0.39, 0.29) is 17.9 Å². The minimum Gasteiger partial charge on any atom is -0.339 e. The van der Waals surface area contributed by atoms with E-state index in [2.05, 4.69) is 59.5 Å². The van der Waals surface area contributed by atoms with Gasteiger partial charge in [-0.05, 0) is 35.2 Å². The molecule has 0 spiro atoms. The van der Waals surface area contributed by atoms with Crippen molar-refractivity contribution in [1.29, 1.82) is 0 Å². The molecule has 0 radical (unpaired) electrons. The standard InChI is InChI=1S/C33H34ClN3O/c1-33(35,30(25-13-5-2-6-14-25)26-15-7-3-8-16-26)32(38)37-23-21-36(22-24-37)31(27-17-9-4-10-18-27)28-19-11-12-20-29(28)34/h2-20,30-31H,21-24,35H2,1H3. The summed E-state index contributed by atoms with van der Waals surface area (Å²) in [6.07, 6.45) is 0. The second-order valence-corrected chi connectivity index (χ2v) is 10.6. The van der Waals surface area contributed by atoms with E-state index in [1.165, 1.54) is 5.56 Å². The van der Waals surface area contributed by atoms with E-state index in [0.29, 0.717) is 13.1 Å². The van der Waals surface area contributed by atoms with Gasteiger partial charge in [-0.2, -0.15) is 0 Å². The second-order valence-electron chi connectivity index (χ2n) is 10.2. The molecular weight excluding hydrogens is 490 g/mol. The Morgan fingerprint density at radius 3 is 1.66 bits per heavy atom. The van der Waals surface area contributed by atoms with Gasteiger partial charge in [0.05, 0.1) is 6.04 Å². The Kier molecular flexibility index (Phi) is 7.94. The second kappa shape index (κ2) is 11.5. The van der Waals surface area contributed by atoms with Crippen LogP contribution in [0.2, 0.25) is 5.02 Å². The third-order valence-corrected chi connectivity index (χ3v) is 7.95. The van der Waals surface area contributed by atoms with Gasteiger partial charge < -0.3 is 10.6 Å². The maximum atomic E-state index is 14.0. The molecule has 5 rings (SSSR count). The normalized spacial score (nSPS) is 16.7. The maximum absolute atomic E-state index is 14.0. The Morgan fingerprint density at radius 2 is 1.16 bits per heavy atom. The summed E-state index contributed by atoms with van der Waals surface area (Å²) < 4.78 is 0. The Balaban J connectivity index is 1.38. The number of piperazine rings is 1. The number of benzene rings is 4. The minimum atomic E-state index is -1.10. The quantitative estimate of drug-likeness (QED) is 0.317. The van der Waals surface area contributed by atoms with E-state index in [4.69, 9.17) is 17.3 Å². The Labute approximate surface area is 230 Å². The molecule has 2 N–H and O–H groups in total. The third-order valence-electron chi connectivity index (χ3n) is 7.61. The number of nitrogens with zero attached hydrogens (tertiary/aromatic N) is 2. The topological polar surface area (TPSA) is 49.6 Å². The first kappa shape index (κ1) is 26.2. The predicted molar refractivity (Wildman–Crippen MR) is 155 cm³/mol. The van der Waals surface area contributed by atoms with Crippen LogP contribution in [0.15, 0.2) is 115 Å². The number of rotatable bonds is 7. The lowest BCUT2D eigenvalue weighted by molar-refractivity contribution is -0.139. The lowest BCUT2D eigenvalue weighted by atomic mass is 9.75. The monoisotopic (exact) mass is 523 g/mol. The van der Waals surface area contributed by atoms with Crippen molar-refractivity contribution in [3.8, 4) is 0 Å². The van der Waals surface area contributed by atoms with Crippen LogP contribution < -0.4 is 5.73 Å². The molecular formula is C33H34ClN3O. The number of amides is 1. The molecule has 1 heterocycles. The minimum absolute atomic E-state index is 0.0211.